The summed E-state index contributed by atoms with van der Waals surface area (Å²) < 4.78 is 11.3. The van der Waals surface area contributed by atoms with Crippen molar-refractivity contribution in [3.05, 3.63) is 22.4 Å². The Balaban J connectivity index is 1.74. The Morgan fingerprint density at radius 2 is 2.29 bits per heavy atom. The molecule has 1 aliphatic rings. The minimum absolute atomic E-state index is 0.126. The molecule has 118 valence electrons. The fraction of sp³-hybridized carbons (Fsp3) is 0.688. The second-order valence-electron chi connectivity index (χ2n) is 6.57. The van der Waals surface area contributed by atoms with Crippen LogP contribution in [0, 0.1) is 5.92 Å². The lowest BCUT2D eigenvalue weighted by Gasteiger charge is -2.24. The molecule has 1 fully saturated rings. The predicted molar refractivity (Wildman–Crippen MR) is 84.6 cm³/mol. The average molecular weight is 311 g/mol. The Hall–Kier alpha value is -1.07. The summed E-state index contributed by atoms with van der Waals surface area (Å²) in [6, 6.07) is 4.14. The highest BCUT2D eigenvalue weighted by Gasteiger charge is 2.30. The van der Waals surface area contributed by atoms with Crippen molar-refractivity contribution in [2.24, 2.45) is 5.92 Å². The normalized spacial score (nSPS) is 20.6. The molecule has 2 heterocycles. The second-order valence-corrected chi connectivity index (χ2v) is 7.55. The van der Waals surface area contributed by atoms with Gasteiger partial charge in [0.05, 0.1) is 12.7 Å². The Labute approximate surface area is 131 Å². The average Bonchev–Trinajstić information content (AvgIpc) is 3.05. The number of thiophene rings is 1. The molecule has 0 saturated carbocycles. The predicted octanol–water partition coefficient (Wildman–Crippen LogP) is 4.08. The number of amides is 1. The van der Waals surface area contributed by atoms with E-state index in [1.165, 1.54) is 4.88 Å². The lowest BCUT2D eigenvalue weighted by molar-refractivity contribution is 0.0238. The number of carbonyl (C=O) groups is 1. The molecule has 0 radical (unpaired) electrons. The summed E-state index contributed by atoms with van der Waals surface area (Å²) in [5, 5.41) is 2.06. The largest absolute Gasteiger partial charge is 0.444 e. The van der Waals surface area contributed by atoms with E-state index in [0.29, 0.717) is 12.5 Å². The summed E-state index contributed by atoms with van der Waals surface area (Å²) >= 11 is 1.72. The lowest BCUT2D eigenvalue weighted by atomic mass is 10.1. The van der Waals surface area contributed by atoms with Crippen molar-refractivity contribution >= 4 is 17.4 Å². The van der Waals surface area contributed by atoms with Gasteiger partial charge in [-0.3, -0.25) is 0 Å². The number of carbonyl (C=O) groups excluding carboxylic acids is 1. The van der Waals surface area contributed by atoms with Crippen LogP contribution in [-0.2, 0) is 9.47 Å². The van der Waals surface area contributed by atoms with Gasteiger partial charge in [0.25, 0.3) is 0 Å². The van der Waals surface area contributed by atoms with Gasteiger partial charge in [-0.2, -0.15) is 0 Å². The van der Waals surface area contributed by atoms with Crippen LogP contribution in [0.4, 0.5) is 4.79 Å². The summed E-state index contributed by atoms with van der Waals surface area (Å²) in [5.74, 6) is 0.403. The molecule has 1 amide bonds. The van der Waals surface area contributed by atoms with Crippen LogP contribution in [0.15, 0.2) is 17.5 Å². The molecule has 4 nitrogen and oxygen atoms in total. The zero-order valence-corrected chi connectivity index (χ0v) is 14.1. The molecular formula is C16H25NO3S. The highest BCUT2D eigenvalue weighted by molar-refractivity contribution is 7.10. The first-order valence-corrected chi connectivity index (χ1v) is 8.36. The van der Waals surface area contributed by atoms with Gasteiger partial charge >= 0.3 is 6.09 Å². The molecule has 1 aliphatic heterocycles. The summed E-state index contributed by atoms with van der Waals surface area (Å²) in [4.78, 5) is 15.0. The van der Waals surface area contributed by atoms with Crippen molar-refractivity contribution in [3.63, 3.8) is 0 Å². The van der Waals surface area contributed by atoms with Crippen molar-refractivity contribution in [2.75, 3.05) is 19.7 Å². The van der Waals surface area contributed by atoms with Gasteiger partial charge in [0, 0.05) is 23.9 Å². The van der Waals surface area contributed by atoms with E-state index in [0.717, 1.165) is 19.5 Å². The number of likely N-dealkylation sites (tertiary alicyclic amines) is 1. The molecule has 21 heavy (non-hydrogen) atoms. The molecule has 0 N–H and O–H groups in total. The summed E-state index contributed by atoms with van der Waals surface area (Å²) in [6.45, 7) is 9.94. The highest BCUT2D eigenvalue weighted by atomic mass is 32.1. The standard InChI is InChI=1S/C16H25NO3S/c1-12(14-6-5-9-21-14)19-11-13-7-8-17(10-13)15(18)20-16(2,3)4/h5-6,9,12-13H,7-8,10-11H2,1-4H3/t12-,13+/m0/s1. The van der Waals surface area contributed by atoms with Gasteiger partial charge < -0.3 is 14.4 Å². The van der Waals surface area contributed by atoms with Crippen LogP contribution in [0.1, 0.15) is 45.1 Å². The quantitative estimate of drug-likeness (QED) is 0.841. The van der Waals surface area contributed by atoms with Gasteiger partial charge in [-0.15, -0.1) is 11.3 Å². The number of hydrogen-bond donors (Lipinski definition) is 0. The minimum atomic E-state index is -0.431. The molecule has 1 aromatic rings. The van der Waals surface area contributed by atoms with Crippen molar-refractivity contribution in [2.45, 2.75) is 45.8 Å². The van der Waals surface area contributed by atoms with E-state index in [4.69, 9.17) is 9.47 Å². The van der Waals surface area contributed by atoms with Crippen molar-refractivity contribution in [3.8, 4) is 0 Å². The van der Waals surface area contributed by atoms with Gasteiger partial charge in [-0.1, -0.05) is 6.07 Å². The Kier molecular flexibility index (Phi) is 5.27. The fourth-order valence-corrected chi connectivity index (χ4v) is 3.08. The third-order valence-corrected chi connectivity index (χ3v) is 4.50. The molecular weight excluding hydrogens is 286 g/mol. The monoisotopic (exact) mass is 311 g/mol. The SMILES string of the molecule is C[C@H](OC[C@@H]1CCN(C(=O)OC(C)(C)C)C1)c1cccs1. The summed E-state index contributed by atoms with van der Waals surface area (Å²) in [6.07, 6.45) is 0.896. The smallest absolute Gasteiger partial charge is 0.410 e. The van der Waals surface area contributed by atoms with E-state index in [1.807, 2.05) is 26.8 Å². The van der Waals surface area contributed by atoms with Crippen LogP contribution in [0.25, 0.3) is 0 Å². The van der Waals surface area contributed by atoms with Gasteiger partial charge in [0.1, 0.15) is 5.60 Å². The van der Waals surface area contributed by atoms with E-state index in [1.54, 1.807) is 16.2 Å². The molecule has 0 spiro atoms. The molecule has 2 atom stereocenters. The van der Waals surface area contributed by atoms with Gasteiger partial charge in [0.2, 0.25) is 0 Å². The van der Waals surface area contributed by atoms with Crippen LogP contribution in [0.5, 0.6) is 0 Å². The highest BCUT2D eigenvalue weighted by Crippen LogP contribution is 2.25. The zero-order valence-electron chi connectivity index (χ0n) is 13.3. The topological polar surface area (TPSA) is 38.8 Å². The first-order chi connectivity index (χ1) is 9.85. The zero-order chi connectivity index (χ0) is 15.5. The van der Waals surface area contributed by atoms with Gasteiger partial charge in [-0.05, 0) is 45.6 Å². The first-order valence-electron chi connectivity index (χ1n) is 7.48. The van der Waals surface area contributed by atoms with Crippen LogP contribution in [-0.4, -0.2) is 36.3 Å². The summed E-state index contributed by atoms with van der Waals surface area (Å²) in [5.41, 5.74) is -0.431. The molecule has 1 saturated heterocycles. The molecule has 0 unspecified atom stereocenters. The Morgan fingerprint density at radius 3 is 2.90 bits per heavy atom. The second kappa shape index (κ2) is 6.79. The van der Waals surface area contributed by atoms with Gasteiger partial charge in [0.15, 0.2) is 0 Å². The molecule has 0 bridgehead atoms. The first kappa shape index (κ1) is 16.3. The minimum Gasteiger partial charge on any atom is -0.444 e. The van der Waals surface area contributed by atoms with Crippen molar-refractivity contribution in [1.29, 1.82) is 0 Å². The summed E-state index contributed by atoms with van der Waals surface area (Å²) in [7, 11) is 0. The number of hydrogen-bond acceptors (Lipinski definition) is 4. The van der Waals surface area contributed by atoms with Crippen molar-refractivity contribution in [1.82, 2.24) is 4.90 Å². The van der Waals surface area contributed by atoms with Crippen LogP contribution >= 0.6 is 11.3 Å². The molecule has 5 heteroatoms. The van der Waals surface area contributed by atoms with E-state index in [9.17, 15) is 4.79 Å². The number of nitrogens with zero attached hydrogens (tertiary/aromatic N) is 1. The van der Waals surface area contributed by atoms with E-state index in [2.05, 4.69) is 18.4 Å². The van der Waals surface area contributed by atoms with Crippen LogP contribution in [0.2, 0.25) is 0 Å². The van der Waals surface area contributed by atoms with E-state index >= 15 is 0 Å². The van der Waals surface area contributed by atoms with Crippen molar-refractivity contribution < 1.29 is 14.3 Å². The number of ether oxygens (including phenoxy) is 2. The third kappa shape index (κ3) is 5.00. The Morgan fingerprint density at radius 1 is 1.52 bits per heavy atom. The molecule has 0 aromatic carbocycles. The van der Waals surface area contributed by atoms with Crippen LogP contribution < -0.4 is 0 Å². The lowest BCUT2D eigenvalue weighted by Crippen LogP contribution is -2.35. The maximum Gasteiger partial charge on any atom is 0.410 e. The molecule has 1 aromatic heterocycles. The number of rotatable bonds is 4. The van der Waals surface area contributed by atoms with Gasteiger partial charge in [-0.25, -0.2) is 4.79 Å². The molecule has 0 aliphatic carbocycles. The van der Waals surface area contributed by atoms with E-state index < -0.39 is 5.60 Å². The fourth-order valence-electron chi connectivity index (χ4n) is 2.35. The van der Waals surface area contributed by atoms with E-state index in [-0.39, 0.29) is 12.2 Å². The Bertz CT molecular complexity index is 453. The maximum atomic E-state index is 12.0. The van der Waals surface area contributed by atoms with Crippen LogP contribution in [0.3, 0.4) is 0 Å². The third-order valence-electron chi connectivity index (χ3n) is 3.46. The molecule has 2 rings (SSSR count). The maximum absolute atomic E-state index is 12.0.